The molecule has 1 fully saturated rings. The minimum absolute atomic E-state index is 0.0350. The number of carbonyl (C=O) groups excluding carboxylic acids is 1. The van der Waals surface area contributed by atoms with Gasteiger partial charge in [-0.15, -0.1) is 11.3 Å². The highest BCUT2D eigenvalue weighted by atomic mass is 32.2. The van der Waals surface area contributed by atoms with Crippen LogP contribution in [0.25, 0.3) is 6.08 Å². The smallest absolute Gasteiger partial charge is 0.247 e. The minimum atomic E-state index is -3.07. The Morgan fingerprint density at radius 1 is 1.29 bits per heavy atom. The van der Waals surface area contributed by atoms with Gasteiger partial charge in [-0.2, -0.15) is 0 Å². The van der Waals surface area contributed by atoms with E-state index in [1.165, 1.54) is 6.08 Å². The number of rotatable bonds is 8. The first-order valence-electron chi connectivity index (χ1n) is 9.02. The lowest BCUT2D eigenvalue weighted by atomic mass is 10.1. The van der Waals surface area contributed by atoms with Gasteiger partial charge in [-0.1, -0.05) is 30.9 Å². The molecule has 0 bridgehead atoms. The summed E-state index contributed by atoms with van der Waals surface area (Å²) in [5.74, 6) is 0.732. The number of hydrogen-bond donors (Lipinski definition) is 0. The molecule has 1 aliphatic rings. The molecule has 2 aromatic rings. The molecule has 148 valence electrons. The van der Waals surface area contributed by atoms with E-state index in [9.17, 15) is 13.2 Å². The Morgan fingerprint density at radius 3 is 2.68 bits per heavy atom. The van der Waals surface area contributed by atoms with Gasteiger partial charge in [0.05, 0.1) is 18.1 Å². The fraction of sp³-hybridized carbons (Fsp3) is 0.286. The van der Waals surface area contributed by atoms with Crippen LogP contribution in [0.3, 0.4) is 0 Å². The third-order valence-corrected chi connectivity index (χ3v) is 7.12. The van der Waals surface area contributed by atoms with Crippen molar-refractivity contribution in [1.82, 2.24) is 4.90 Å². The summed E-state index contributed by atoms with van der Waals surface area (Å²) in [6, 6.07) is 11.0. The number of ether oxygens (including phenoxy) is 1. The fourth-order valence-corrected chi connectivity index (χ4v) is 5.51. The number of benzene rings is 1. The molecule has 0 N–H and O–H groups in total. The largest absolute Gasteiger partial charge is 0.490 e. The van der Waals surface area contributed by atoms with Crippen LogP contribution >= 0.6 is 11.3 Å². The van der Waals surface area contributed by atoms with Crippen LogP contribution < -0.4 is 4.74 Å². The molecule has 7 heteroatoms. The molecule has 0 aliphatic carbocycles. The van der Waals surface area contributed by atoms with Gasteiger partial charge >= 0.3 is 0 Å². The molecular weight excluding hydrogens is 394 g/mol. The van der Waals surface area contributed by atoms with E-state index >= 15 is 0 Å². The summed E-state index contributed by atoms with van der Waals surface area (Å²) in [5.41, 5.74) is 0.870. The lowest BCUT2D eigenvalue weighted by molar-refractivity contribution is -0.128. The van der Waals surface area contributed by atoms with E-state index in [0.717, 1.165) is 16.2 Å². The highest BCUT2D eigenvalue weighted by molar-refractivity contribution is 7.91. The number of thiophene rings is 1. The van der Waals surface area contributed by atoms with Gasteiger partial charge in [-0.3, -0.25) is 4.79 Å². The molecule has 5 nitrogen and oxygen atoms in total. The molecule has 1 aromatic carbocycles. The van der Waals surface area contributed by atoms with E-state index in [4.69, 9.17) is 4.74 Å². The first kappa shape index (κ1) is 20.4. The summed E-state index contributed by atoms with van der Waals surface area (Å²) in [6.07, 6.45) is 5.42. The van der Waals surface area contributed by atoms with Gasteiger partial charge in [0.1, 0.15) is 12.4 Å². The summed E-state index contributed by atoms with van der Waals surface area (Å²) in [5, 5.41) is 1.95. The highest BCUT2D eigenvalue weighted by Crippen LogP contribution is 2.22. The predicted molar refractivity (Wildman–Crippen MR) is 113 cm³/mol. The average molecular weight is 418 g/mol. The fourth-order valence-electron chi connectivity index (χ4n) is 3.07. The molecule has 0 spiro atoms. The van der Waals surface area contributed by atoms with Gasteiger partial charge in [0.25, 0.3) is 0 Å². The maximum Gasteiger partial charge on any atom is 0.247 e. The normalized spacial score (nSPS) is 18.2. The summed E-state index contributed by atoms with van der Waals surface area (Å²) in [6.45, 7) is 4.48. The molecule has 1 saturated heterocycles. The average Bonchev–Trinajstić information content (AvgIpc) is 3.32. The second-order valence-electron chi connectivity index (χ2n) is 6.60. The Labute approximate surface area is 169 Å². The molecule has 2 heterocycles. The van der Waals surface area contributed by atoms with Gasteiger partial charge < -0.3 is 9.64 Å². The van der Waals surface area contributed by atoms with E-state index in [2.05, 4.69) is 6.58 Å². The van der Waals surface area contributed by atoms with Crippen LogP contribution in [0.15, 0.2) is 60.5 Å². The minimum Gasteiger partial charge on any atom is -0.490 e. The Kier molecular flexibility index (Phi) is 6.70. The Bertz CT molecular complexity index is 931. The first-order valence-corrected chi connectivity index (χ1v) is 11.7. The van der Waals surface area contributed by atoms with E-state index in [-0.39, 0.29) is 23.5 Å². The SMILES string of the molecule is C=CCOc1ccc(C=CC(=O)N(Cc2cccs2)C2CCS(=O)(=O)C2)cc1. The summed E-state index contributed by atoms with van der Waals surface area (Å²) in [7, 11) is -3.07. The number of hydrogen-bond acceptors (Lipinski definition) is 5. The van der Waals surface area contributed by atoms with Crippen LogP contribution in [-0.4, -0.2) is 43.4 Å². The second-order valence-corrected chi connectivity index (χ2v) is 9.87. The topological polar surface area (TPSA) is 63.7 Å². The highest BCUT2D eigenvalue weighted by Gasteiger charge is 2.34. The predicted octanol–water partition coefficient (Wildman–Crippen LogP) is 3.54. The molecule has 1 atom stereocenters. The second kappa shape index (κ2) is 9.21. The molecule has 3 rings (SSSR count). The maximum atomic E-state index is 12.9. The Morgan fingerprint density at radius 2 is 2.07 bits per heavy atom. The van der Waals surface area contributed by atoms with Gasteiger partial charge in [0.2, 0.25) is 5.91 Å². The van der Waals surface area contributed by atoms with Crippen molar-refractivity contribution in [3.05, 3.63) is 70.9 Å². The van der Waals surface area contributed by atoms with E-state index < -0.39 is 9.84 Å². The van der Waals surface area contributed by atoms with Crippen molar-refractivity contribution >= 4 is 33.2 Å². The van der Waals surface area contributed by atoms with Crippen LogP contribution in [0, 0.1) is 0 Å². The van der Waals surface area contributed by atoms with Crippen LogP contribution in [-0.2, 0) is 21.2 Å². The van der Waals surface area contributed by atoms with E-state index in [0.29, 0.717) is 19.6 Å². The van der Waals surface area contributed by atoms with Crippen molar-refractivity contribution in [3.8, 4) is 5.75 Å². The van der Waals surface area contributed by atoms with E-state index in [1.807, 2.05) is 41.8 Å². The Balaban J connectivity index is 1.71. The van der Waals surface area contributed by atoms with E-state index in [1.54, 1.807) is 28.4 Å². The van der Waals surface area contributed by atoms with Crippen molar-refractivity contribution < 1.29 is 17.9 Å². The van der Waals surface area contributed by atoms with Crippen LogP contribution in [0.5, 0.6) is 5.75 Å². The number of nitrogens with zero attached hydrogens (tertiary/aromatic N) is 1. The zero-order valence-electron chi connectivity index (χ0n) is 15.5. The summed E-state index contributed by atoms with van der Waals surface area (Å²) >= 11 is 1.56. The van der Waals surface area contributed by atoms with Crippen molar-refractivity contribution in [2.75, 3.05) is 18.1 Å². The molecular formula is C21H23NO4S2. The van der Waals surface area contributed by atoms with Crippen molar-refractivity contribution in [2.24, 2.45) is 0 Å². The van der Waals surface area contributed by atoms with Crippen LogP contribution in [0.4, 0.5) is 0 Å². The molecule has 0 saturated carbocycles. The zero-order chi connectivity index (χ0) is 20.0. The third-order valence-electron chi connectivity index (χ3n) is 4.50. The number of sulfone groups is 1. The van der Waals surface area contributed by atoms with Crippen molar-refractivity contribution in [1.29, 1.82) is 0 Å². The standard InChI is InChI=1S/C21H23NO4S2/c1-2-12-26-19-8-5-17(6-9-19)7-10-21(23)22(15-20-4-3-13-27-20)18-11-14-28(24,25)16-18/h2-10,13,18H,1,11-12,14-16H2. The summed E-state index contributed by atoms with van der Waals surface area (Å²) in [4.78, 5) is 15.6. The summed E-state index contributed by atoms with van der Waals surface area (Å²) < 4.78 is 29.2. The van der Waals surface area contributed by atoms with Gasteiger partial charge in [-0.05, 0) is 41.6 Å². The molecule has 1 aromatic heterocycles. The van der Waals surface area contributed by atoms with Gasteiger partial charge in [-0.25, -0.2) is 8.42 Å². The van der Waals surface area contributed by atoms with Crippen molar-refractivity contribution in [3.63, 3.8) is 0 Å². The van der Waals surface area contributed by atoms with Gasteiger partial charge in [0.15, 0.2) is 9.84 Å². The maximum absolute atomic E-state index is 12.9. The van der Waals surface area contributed by atoms with Crippen LogP contribution in [0.2, 0.25) is 0 Å². The molecule has 1 aliphatic heterocycles. The quantitative estimate of drug-likeness (QED) is 0.487. The Hall–Kier alpha value is -2.38. The van der Waals surface area contributed by atoms with Crippen LogP contribution in [0.1, 0.15) is 16.9 Å². The number of carbonyl (C=O) groups is 1. The number of amides is 1. The third kappa shape index (κ3) is 5.56. The lowest BCUT2D eigenvalue weighted by Crippen LogP contribution is -2.39. The zero-order valence-corrected chi connectivity index (χ0v) is 17.1. The molecule has 0 radical (unpaired) electrons. The molecule has 1 amide bonds. The van der Waals surface area contributed by atoms with Crippen molar-refractivity contribution in [2.45, 2.75) is 19.0 Å². The molecule has 28 heavy (non-hydrogen) atoms. The first-order chi connectivity index (χ1) is 13.5. The van der Waals surface area contributed by atoms with Gasteiger partial charge in [0, 0.05) is 17.0 Å². The monoisotopic (exact) mass is 417 g/mol. The molecule has 1 unspecified atom stereocenters. The lowest BCUT2D eigenvalue weighted by Gasteiger charge is -2.26.